The van der Waals surface area contributed by atoms with Crippen LogP contribution in [0.1, 0.15) is 25.3 Å². The molecule has 32 heavy (non-hydrogen) atoms. The zero-order valence-corrected chi connectivity index (χ0v) is 19.3. The molecule has 2 aromatic rings. The van der Waals surface area contributed by atoms with E-state index < -0.39 is 22.0 Å². The van der Waals surface area contributed by atoms with E-state index in [-0.39, 0.29) is 23.3 Å². The lowest BCUT2D eigenvalue weighted by atomic mass is 9.98. The summed E-state index contributed by atoms with van der Waals surface area (Å²) in [6.45, 7) is 3.83. The zero-order chi connectivity index (χ0) is 23.0. The molecule has 170 valence electrons. The van der Waals surface area contributed by atoms with Crippen LogP contribution in [-0.2, 0) is 19.6 Å². The van der Waals surface area contributed by atoms with Crippen LogP contribution in [0.4, 0.5) is 11.4 Å². The van der Waals surface area contributed by atoms with Gasteiger partial charge in [0.05, 0.1) is 16.5 Å². The summed E-state index contributed by atoms with van der Waals surface area (Å²) in [7, 11) is -3.86. The van der Waals surface area contributed by atoms with Gasteiger partial charge in [0.2, 0.25) is 15.9 Å². The summed E-state index contributed by atoms with van der Waals surface area (Å²) in [5.74, 6) is -0.643. The molecule has 8 nitrogen and oxygen atoms in total. The normalized spacial score (nSPS) is 21.3. The quantitative estimate of drug-likeness (QED) is 0.702. The number of ether oxygens (including phenoxy) is 1. The highest BCUT2D eigenvalue weighted by atomic mass is 35.5. The molecule has 2 N–H and O–H groups in total. The molecule has 0 unspecified atom stereocenters. The van der Waals surface area contributed by atoms with E-state index in [1.54, 1.807) is 25.1 Å². The van der Waals surface area contributed by atoms with Crippen molar-refractivity contribution >= 4 is 44.8 Å². The Bertz CT molecular complexity index is 1180. The number of sulfonamides is 1. The number of nitrogens with one attached hydrogen (secondary N) is 2. The maximum absolute atomic E-state index is 13.3. The Hall–Kier alpha value is -2.62. The molecule has 0 bridgehead atoms. The summed E-state index contributed by atoms with van der Waals surface area (Å²) in [6.07, 6.45) is 0.506. The molecule has 1 fully saturated rings. The van der Waals surface area contributed by atoms with Crippen LogP contribution in [0.25, 0.3) is 0 Å². The first-order chi connectivity index (χ1) is 15.2. The van der Waals surface area contributed by atoms with Crippen molar-refractivity contribution in [3.05, 3.63) is 47.0 Å². The number of benzene rings is 2. The van der Waals surface area contributed by atoms with Crippen LogP contribution in [0, 0.1) is 12.8 Å². The lowest BCUT2D eigenvalue weighted by Gasteiger charge is -2.31. The fraction of sp³-hybridized carbons (Fsp3) is 0.364. The van der Waals surface area contributed by atoms with Crippen LogP contribution in [0.2, 0.25) is 5.02 Å². The molecule has 10 heteroatoms. The second kappa shape index (κ2) is 8.73. The number of anilines is 2. The van der Waals surface area contributed by atoms with Crippen molar-refractivity contribution in [1.29, 1.82) is 0 Å². The van der Waals surface area contributed by atoms with Gasteiger partial charge < -0.3 is 15.4 Å². The first-order valence-electron chi connectivity index (χ1n) is 10.3. The van der Waals surface area contributed by atoms with Crippen molar-refractivity contribution in [3.63, 3.8) is 0 Å². The predicted octanol–water partition coefficient (Wildman–Crippen LogP) is 3.41. The minimum atomic E-state index is -3.86. The lowest BCUT2D eigenvalue weighted by Crippen LogP contribution is -2.43. The number of fused-ring (bicyclic) bond motifs is 1. The monoisotopic (exact) mass is 477 g/mol. The highest BCUT2D eigenvalue weighted by Gasteiger charge is 2.34. The number of carbonyl (C=O) groups excluding carboxylic acids is 2. The van der Waals surface area contributed by atoms with Crippen molar-refractivity contribution in [1.82, 2.24) is 4.31 Å². The minimum absolute atomic E-state index is 0.0430. The van der Waals surface area contributed by atoms with Gasteiger partial charge >= 0.3 is 0 Å². The van der Waals surface area contributed by atoms with Crippen LogP contribution >= 0.6 is 11.6 Å². The van der Waals surface area contributed by atoms with Crippen molar-refractivity contribution < 1.29 is 22.7 Å². The molecule has 0 aliphatic carbocycles. The van der Waals surface area contributed by atoms with Crippen molar-refractivity contribution in [2.45, 2.75) is 37.7 Å². The molecule has 2 heterocycles. The molecule has 2 aromatic carbocycles. The Labute approximate surface area is 191 Å². The molecular formula is C22H24ClN3O5S. The van der Waals surface area contributed by atoms with E-state index >= 15 is 0 Å². The highest BCUT2D eigenvalue weighted by molar-refractivity contribution is 7.89. The summed E-state index contributed by atoms with van der Waals surface area (Å²) in [5, 5.41) is 6.09. The molecule has 2 atom stereocenters. The van der Waals surface area contributed by atoms with E-state index in [0.29, 0.717) is 41.5 Å². The van der Waals surface area contributed by atoms with E-state index in [0.717, 1.165) is 5.56 Å². The van der Waals surface area contributed by atoms with Gasteiger partial charge in [-0.15, -0.1) is 0 Å². The molecule has 0 spiro atoms. The smallest absolute Gasteiger partial charge is 0.265 e. The number of rotatable bonds is 4. The van der Waals surface area contributed by atoms with E-state index in [4.69, 9.17) is 16.3 Å². The van der Waals surface area contributed by atoms with Gasteiger partial charge in [0.25, 0.3) is 5.91 Å². The van der Waals surface area contributed by atoms with Crippen molar-refractivity contribution in [2.24, 2.45) is 5.92 Å². The summed E-state index contributed by atoms with van der Waals surface area (Å²) in [5.41, 5.74) is 1.69. The number of amides is 2. The second-order valence-electron chi connectivity index (χ2n) is 8.01. The van der Waals surface area contributed by atoms with Gasteiger partial charge in [-0.2, -0.15) is 4.31 Å². The number of nitrogens with zero attached hydrogens (tertiary/aromatic N) is 1. The molecule has 0 radical (unpaired) electrons. The fourth-order valence-corrected chi connectivity index (χ4v) is 5.57. The molecule has 2 aliphatic heterocycles. The van der Waals surface area contributed by atoms with Gasteiger partial charge in [0, 0.05) is 23.8 Å². The van der Waals surface area contributed by atoms with Crippen molar-refractivity contribution in [2.75, 3.05) is 23.7 Å². The Morgan fingerprint density at radius 1 is 1.28 bits per heavy atom. The third-order valence-corrected chi connectivity index (χ3v) is 8.07. The first kappa shape index (κ1) is 22.6. The molecular weight excluding hydrogens is 454 g/mol. The number of piperidine rings is 1. The van der Waals surface area contributed by atoms with E-state index in [2.05, 4.69) is 10.6 Å². The summed E-state index contributed by atoms with van der Waals surface area (Å²) >= 11 is 6.13. The number of hydrogen-bond donors (Lipinski definition) is 2. The minimum Gasteiger partial charge on any atom is -0.479 e. The highest BCUT2D eigenvalue weighted by Crippen LogP contribution is 2.34. The van der Waals surface area contributed by atoms with E-state index in [9.17, 15) is 18.0 Å². The van der Waals surface area contributed by atoms with Gasteiger partial charge in [-0.05, 0) is 62.6 Å². The van der Waals surface area contributed by atoms with Crippen LogP contribution < -0.4 is 15.4 Å². The third kappa shape index (κ3) is 4.32. The average molecular weight is 478 g/mol. The van der Waals surface area contributed by atoms with E-state index in [1.165, 1.54) is 22.5 Å². The van der Waals surface area contributed by atoms with Crippen LogP contribution in [0.3, 0.4) is 0 Å². The summed E-state index contributed by atoms with van der Waals surface area (Å²) in [4.78, 5) is 24.8. The van der Waals surface area contributed by atoms with Crippen LogP contribution in [-0.4, -0.2) is 43.7 Å². The van der Waals surface area contributed by atoms with Gasteiger partial charge in [-0.1, -0.05) is 17.7 Å². The Kier molecular flexibility index (Phi) is 6.15. The maximum Gasteiger partial charge on any atom is 0.265 e. The van der Waals surface area contributed by atoms with Crippen LogP contribution in [0.5, 0.6) is 5.75 Å². The Balaban J connectivity index is 1.51. The number of hydrogen-bond acceptors (Lipinski definition) is 5. The third-order valence-electron chi connectivity index (χ3n) is 5.80. The average Bonchev–Trinajstić information content (AvgIpc) is 2.77. The largest absolute Gasteiger partial charge is 0.479 e. The topological polar surface area (TPSA) is 105 Å². The molecule has 2 aliphatic rings. The maximum atomic E-state index is 13.3. The first-order valence-corrected chi connectivity index (χ1v) is 12.2. The standard InChI is InChI=1S/C22H24ClN3O5S/c1-13-17(23)6-3-7-18(13)24-22(28)15-5-4-10-26(12-15)32(29,30)16-8-9-20-19(11-16)25-21(27)14(2)31-20/h3,6-9,11,14-15H,4-5,10,12H2,1-2H3,(H,24,28)(H,25,27)/t14-,15-/m1/s1. The van der Waals surface area contributed by atoms with Gasteiger partial charge in [0.1, 0.15) is 5.75 Å². The van der Waals surface area contributed by atoms with Crippen LogP contribution in [0.15, 0.2) is 41.3 Å². The molecule has 2 amide bonds. The number of carbonyl (C=O) groups is 2. The van der Waals surface area contributed by atoms with E-state index in [1.807, 2.05) is 6.92 Å². The van der Waals surface area contributed by atoms with Gasteiger partial charge in [0.15, 0.2) is 6.10 Å². The SMILES string of the molecule is Cc1c(Cl)cccc1NC(=O)[C@@H]1CCCN(S(=O)(=O)c2ccc3c(c2)NC(=O)[C@@H](C)O3)C1. The zero-order valence-electron chi connectivity index (χ0n) is 17.7. The Morgan fingerprint density at radius 3 is 2.84 bits per heavy atom. The second-order valence-corrected chi connectivity index (χ2v) is 10.4. The summed E-state index contributed by atoms with van der Waals surface area (Å²) < 4.78 is 33.4. The van der Waals surface area contributed by atoms with Crippen molar-refractivity contribution in [3.8, 4) is 5.75 Å². The molecule has 1 saturated heterocycles. The van der Waals surface area contributed by atoms with Gasteiger partial charge in [-0.3, -0.25) is 9.59 Å². The Morgan fingerprint density at radius 2 is 2.06 bits per heavy atom. The lowest BCUT2D eigenvalue weighted by molar-refractivity contribution is -0.123. The summed E-state index contributed by atoms with van der Waals surface area (Å²) in [6, 6.07) is 9.65. The fourth-order valence-electron chi connectivity index (χ4n) is 3.85. The molecule has 4 rings (SSSR count). The molecule has 0 saturated carbocycles. The molecule has 0 aromatic heterocycles. The number of halogens is 1. The predicted molar refractivity (Wildman–Crippen MR) is 121 cm³/mol. The van der Waals surface area contributed by atoms with Gasteiger partial charge in [-0.25, -0.2) is 8.42 Å².